The van der Waals surface area contributed by atoms with Crippen LogP contribution in [0.3, 0.4) is 0 Å². The summed E-state index contributed by atoms with van der Waals surface area (Å²) < 4.78 is 0. The molecule has 0 bridgehead atoms. The van der Waals surface area contributed by atoms with Crippen LogP contribution in [0.15, 0.2) is 0 Å². The molecule has 5 nitrogen and oxygen atoms in total. The van der Waals surface area contributed by atoms with E-state index in [1.165, 1.54) is 18.9 Å². The predicted molar refractivity (Wildman–Crippen MR) is 59.8 cm³/mol. The second kappa shape index (κ2) is 4.41. The Morgan fingerprint density at radius 2 is 2.12 bits per heavy atom. The first-order valence-electron chi connectivity index (χ1n) is 5.56. The average Bonchev–Trinajstić information content (AvgIpc) is 2.57. The van der Waals surface area contributed by atoms with Gasteiger partial charge < -0.3 is 15.7 Å². The normalized spacial score (nSPS) is 31.1. The highest BCUT2D eigenvalue weighted by atomic mass is 16.4. The van der Waals surface area contributed by atoms with Crippen LogP contribution in [0.1, 0.15) is 33.1 Å². The van der Waals surface area contributed by atoms with Gasteiger partial charge in [0.25, 0.3) is 0 Å². The third kappa shape index (κ3) is 2.04. The Labute approximate surface area is 95.6 Å². The summed E-state index contributed by atoms with van der Waals surface area (Å²) in [6.45, 7) is 3.34. The number of carbonyl (C=O) groups excluding carboxylic acids is 1. The lowest BCUT2D eigenvalue weighted by Gasteiger charge is -2.34. The van der Waals surface area contributed by atoms with Gasteiger partial charge in [-0.3, -0.25) is 4.79 Å². The van der Waals surface area contributed by atoms with Crippen LogP contribution < -0.4 is 5.73 Å². The van der Waals surface area contributed by atoms with E-state index in [2.05, 4.69) is 0 Å². The Morgan fingerprint density at radius 3 is 2.50 bits per heavy atom. The Kier molecular flexibility index (Phi) is 3.57. The zero-order valence-corrected chi connectivity index (χ0v) is 10.1. The molecule has 16 heavy (non-hydrogen) atoms. The Balaban J connectivity index is 2.81. The monoisotopic (exact) mass is 228 g/mol. The third-order valence-corrected chi connectivity index (χ3v) is 3.78. The molecule has 0 aliphatic heterocycles. The first kappa shape index (κ1) is 13.0. The number of nitrogens with two attached hydrogens (primary N) is 1. The molecule has 3 N–H and O–H groups in total. The van der Waals surface area contributed by atoms with Crippen LogP contribution in [0, 0.1) is 5.41 Å². The summed E-state index contributed by atoms with van der Waals surface area (Å²) in [6.07, 6.45) is 2.50. The highest BCUT2D eigenvalue weighted by Gasteiger charge is 2.45. The van der Waals surface area contributed by atoms with Crippen molar-refractivity contribution in [2.45, 2.75) is 45.2 Å². The molecule has 0 radical (unpaired) electrons. The summed E-state index contributed by atoms with van der Waals surface area (Å²) in [5.41, 5.74) is 5.33. The Morgan fingerprint density at radius 1 is 1.56 bits per heavy atom. The lowest BCUT2D eigenvalue weighted by Crippen LogP contribution is -2.52. The van der Waals surface area contributed by atoms with Crippen LogP contribution in [-0.4, -0.2) is 41.0 Å². The molecule has 0 aromatic carbocycles. The van der Waals surface area contributed by atoms with Gasteiger partial charge in [-0.2, -0.15) is 0 Å². The van der Waals surface area contributed by atoms with E-state index >= 15 is 0 Å². The summed E-state index contributed by atoms with van der Waals surface area (Å²) in [5.74, 6) is -1.15. The number of nitrogens with zero attached hydrogens (tertiary/aromatic N) is 1. The summed E-state index contributed by atoms with van der Waals surface area (Å²) in [7, 11) is 1.53. The minimum absolute atomic E-state index is 0.160. The summed E-state index contributed by atoms with van der Waals surface area (Å²) in [6, 6.07) is -0.972. The number of carboxylic acids is 1. The van der Waals surface area contributed by atoms with Gasteiger partial charge >= 0.3 is 5.97 Å². The molecule has 1 saturated carbocycles. The lowest BCUT2D eigenvalue weighted by molar-refractivity contribution is -0.152. The van der Waals surface area contributed by atoms with Crippen molar-refractivity contribution in [3.05, 3.63) is 0 Å². The van der Waals surface area contributed by atoms with E-state index in [4.69, 9.17) is 10.8 Å². The molecule has 1 amide bonds. The quantitative estimate of drug-likeness (QED) is 0.734. The molecule has 1 aliphatic carbocycles. The minimum atomic E-state index is -0.994. The first-order chi connectivity index (χ1) is 7.30. The fraction of sp³-hybridized carbons (Fsp3) is 0.818. The van der Waals surface area contributed by atoms with Gasteiger partial charge in [-0.15, -0.1) is 0 Å². The van der Waals surface area contributed by atoms with Crippen molar-refractivity contribution < 1.29 is 14.7 Å². The van der Waals surface area contributed by atoms with Crippen molar-refractivity contribution in [2.75, 3.05) is 7.05 Å². The molecule has 0 aromatic heterocycles. The van der Waals surface area contributed by atoms with E-state index < -0.39 is 17.4 Å². The molecule has 0 saturated heterocycles. The largest absolute Gasteiger partial charge is 0.480 e. The van der Waals surface area contributed by atoms with Gasteiger partial charge in [-0.25, -0.2) is 4.79 Å². The molecular weight excluding hydrogens is 208 g/mol. The zero-order valence-electron chi connectivity index (χ0n) is 10.1. The molecule has 1 aliphatic rings. The van der Waals surface area contributed by atoms with Crippen LogP contribution in [0.25, 0.3) is 0 Å². The van der Waals surface area contributed by atoms with Crippen molar-refractivity contribution in [3.8, 4) is 0 Å². The fourth-order valence-corrected chi connectivity index (χ4v) is 2.20. The molecule has 0 heterocycles. The Hall–Kier alpha value is -1.10. The highest BCUT2D eigenvalue weighted by Crippen LogP contribution is 2.38. The van der Waals surface area contributed by atoms with E-state index in [0.717, 1.165) is 19.3 Å². The molecule has 1 rings (SSSR count). The number of hydrogen-bond acceptors (Lipinski definition) is 3. The highest BCUT2D eigenvalue weighted by molar-refractivity contribution is 5.87. The topological polar surface area (TPSA) is 83.6 Å². The molecule has 5 heteroatoms. The first-order valence-corrected chi connectivity index (χ1v) is 5.56. The third-order valence-electron chi connectivity index (χ3n) is 3.78. The number of likely N-dealkylation sites (N-methyl/N-ethyl adjacent to an activating group) is 1. The molecular formula is C11H20N2O3. The molecule has 1 fully saturated rings. The maximum Gasteiger partial charge on any atom is 0.326 e. The molecule has 0 spiro atoms. The number of carboxylic acid groups (broad SMARTS) is 1. The van der Waals surface area contributed by atoms with Crippen LogP contribution in [-0.2, 0) is 9.59 Å². The molecule has 3 unspecified atom stereocenters. The van der Waals surface area contributed by atoms with Crippen LogP contribution in [0.4, 0.5) is 0 Å². The van der Waals surface area contributed by atoms with Gasteiger partial charge in [0.1, 0.15) is 6.04 Å². The second-order valence-electron chi connectivity index (χ2n) is 4.85. The smallest absolute Gasteiger partial charge is 0.326 e. The number of amides is 1. The van der Waals surface area contributed by atoms with Gasteiger partial charge in [-0.1, -0.05) is 6.42 Å². The SMILES string of the molecule is CC(C(=O)O)N(C)C(=O)C1(C)CCCC1N. The number of rotatable bonds is 3. The van der Waals surface area contributed by atoms with Crippen molar-refractivity contribution in [2.24, 2.45) is 11.1 Å². The number of aliphatic carboxylic acids is 1. The fourth-order valence-electron chi connectivity index (χ4n) is 2.20. The van der Waals surface area contributed by atoms with E-state index in [1.54, 1.807) is 0 Å². The summed E-state index contributed by atoms with van der Waals surface area (Å²) >= 11 is 0. The van der Waals surface area contributed by atoms with Crippen LogP contribution in [0.5, 0.6) is 0 Å². The molecule has 0 aromatic rings. The maximum atomic E-state index is 12.2. The average molecular weight is 228 g/mol. The van der Waals surface area contributed by atoms with E-state index in [1.807, 2.05) is 6.92 Å². The van der Waals surface area contributed by atoms with Crippen molar-refractivity contribution >= 4 is 11.9 Å². The summed E-state index contributed by atoms with van der Waals surface area (Å²) in [4.78, 5) is 24.3. The predicted octanol–water partition coefficient (Wildman–Crippen LogP) is 0.435. The molecule has 92 valence electrons. The van der Waals surface area contributed by atoms with Crippen LogP contribution in [0.2, 0.25) is 0 Å². The van der Waals surface area contributed by atoms with Crippen molar-refractivity contribution in [1.82, 2.24) is 4.90 Å². The standard InChI is InChI=1S/C11H20N2O3/c1-7(9(14)15)13(3)10(16)11(2)6-4-5-8(11)12/h7-8H,4-6,12H2,1-3H3,(H,14,15). The summed E-state index contributed by atoms with van der Waals surface area (Å²) in [5, 5.41) is 8.87. The van der Waals surface area contributed by atoms with Gasteiger partial charge in [0.2, 0.25) is 5.91 Å². The Bertz CT molecular complexity index is 306. The lowest BCUT2D eigenvalue weighted by atomic mass is 9.83. The van der Waals surface area contributed by atoms with E-state index in [9.17, 15) is 9.59 Å². The van der Waals surface area contributed by atoms with Gasteiger partial charge in [0.05, 0.1) is 5.41 Å². The van der Waals surface area contributed by atoms with Crippen molar-refractivity contribution in [1.29, 1.82) is 0 Å². The second-order valence-corrected chi connectivity index (χ2v) is 4.85. The molecule has 3 atom stereocenters. The minimum Gasteiger partial charge on any atom is -0.480 e. The van der Waals surface area contributed by atoms with Crippen LogP contribution >= 0.6 is 0 Å². The number of carbonyl (C=O) groups is 2. The number of hydrogen-bond donors (Lipinski definition) is 2. The zero-order chi connectivity index (χ0) is 12.5. The van der Waals surface area contributed by atoms with E-state index in [-0.39, 0.29) is 11.9 Å². The maximum absolute atomic E-state index is 12.2. The van der Waals surface area contributed by atoms with Crippen molar-refractivity contribution in [3.63, 3.8) is 0 Å². The van der Waals surface area contributed by atoms with Gasteiger partial charge in [0, 0.05) is 13.1 Å². The van der Waals surface area contributed by atoms with E-state index in [0.29, 0.717) is 0 Å². The van der Waals surface area contributed by atoms with Gasteiger partial charge in [-0.05, 0) is 26.7 Å². The van der Waals surface area contributed by atoms with Gasteiger partial charge in [0.15, 0.2) is 0 Å².